The number of aromatic nitrogens is 1. The largest absolute Gasteiger partial charge is 0.481 e. The van der Waals surface area contributed by atoms with Crippen molar-refractivity contribution >= 4 is 29.7 Å². The molecule has 1 N–H and O–H groups in total. The number of hydrogen-bond donors (Lipinski definition) is 1. The third kappa shape index (κ3) is 6.03. The monoisotopic (exact) mass is 408 g/mol. The number of aliphatic carboxylic acids is 1. The smallest absolute Gasteiger partial charge is 0.304 e. The van der Waals surface area contributed by atoms with Gasteiger partial charge in [0.1, 0.15) is 5.01 Å². The number of carbonyl (C=O) groups is 1. The van der Waals surface area contributed by atoms with Crippen LogP contribution < -0.4 is 0 Å². The van der Waals surface area contributed by atoms with E-state index in [4.69, 9.17) is 10.1 Å². The summed E-state index contributed by atoms with van der Waals surface area (Å²) in [5.74, 6) is -0.192. The summed E-state index contributed by atoms with van der Waals surface area (Å²) in [6, 6.07) is 9.15. The van der Waals surface area contributed by atoms with Gasteiger partial charge in [-0.15, -0.1) is 23.7 Å². The fourth-order valence-corrected chi connectivity index (χ4v) is 4.46. The van der Waals surface area contributed by atoms with Crippen LogP contribution in [0.25, 0.3) is 11.3 Å². The first-order valence-electron chi connectivity index (χ1n) is 9.53. The lowest BCUT2D eigenvalue weighted by molar-refractivity contribution is -0.137. The van der Waals surface area contributed by atoms with E-state index in [1.807, 2.05) is 0 Å². The molecule has 0 unspecified atom stereocenters. The normalized spacial score (nSPS) is 14.7. The highest BCUT2D eigenvalue weighted by molar-refractivity contribution is 7.09. The van der Waals surface area contributed by atoms with Gasteiger partial charge in [0.2, 0.25) is 0 Å². The van der Waals surface area contributed by atoms with Crippen LogP contribution in [0.4, 0.5) is 0 Å². The third-order valence-corrected chi connectivity index (χ3v) is 6.05. The topological polar surface area (TPSA) is 53.4 Å². The van der Waals surface area contributed by atoms with E-state index in [0.717, 1.165) is 22.8 Å². The van der Waals surface area contributed by atoms with Crippen LogP contribution in [0.3, 0.4) is 0 Å². The van der Waals surface area contributed by atoms with Gasteiger partial charge >= 0.3 is 5.97 Å². The zero-order valence-corrected chi connectivity index (χ0v) is 17.7. The predicted molar refractivity (Wildman–Crippen MR) is 114 cm³/mol. The van der Waals surface area contributed by atoms with Crippen molar-refractivity contribution in [2.24, 2.45) is 0 Å². The van der Waals surface area contributed by atoms with E-state index in [9.17, 15) is 4.79 Å². The Morgan fingerprint density at radius 2 is 1.93 bits per heavy atom. The standard InChI is InChI=1S/C21H28N2O2S.ClH/c1-15(2)16-7-9-17(10-8-16)19-14-26-20(22-19)13-23(12-11-21(24)25)18-5-3-4-6-18;/h7-10,14-15,18H,3-6,11-13H2,1-2H3,(H,24,25);1H. The maximum absolute atomic E-state index is 11.0. The van der Waals surface area contributed by atoms with E-state index >= 15 is 0 Å². The number of hydrogen-bond acceptors (Lipinski definition) is 4. The molecular weight excluding hydrogens is 380 g/mol. The van der Waals surface area contributed by atoms with Gasteiger partial charge in [0.05, 0.1) is 18.7 Å². The van der Waals surface area contributed by atoms with Crippen molar-refractivity contribution in [2.45, 2.75) is 64.5 Å². The Balaban J connectivity index is 0.00000261. The zero-order valence-electron chi connectivity index (χ0n) is 16.1. The summed E-state index contributed by atoms with van der Waals surface area (Å²) in [5.41, 5.74) is 3.50. The van der Waals surface area contributed by atoms with Crippen LogP contribution in [-0.4, -0.2) is 33.5 Å². The van der Waals surface area contributed by atoms with Gasteiger partial charge in [0.25, 0.3) is 0 Å². The average molecular weight is 409 g/mol. The summed E-state index contributed by atoms with van der Waals surface area (Å²) in [4.78, 5) is 18.1. The molecule has 0 saturated heterocycles. The van der Waals surface area contributed by atoms with Gasteiger partial charge < -0.3 is 5.11 Å². The highest BCUT2D eigenvalue weighted by Crippen LogP contribution is 2.28. The minimum atomic E-state index is -0.724. The van der Waals surface area contributed by atoms with Crippen molar-refractivity contribution in [3.8, 4) is 11.3 Å². The number of carboxylic acids is 1. The first-order chi connectivity index (χ1) is 12.5. The van der Waals surface area contributed by atoms with Crippen LogP contribution in [0.5, 0.6) is 0 Å². The molecule has 0 radical (unpaired) electrons. The van der Waals surface area contributed by atoms with Crippen molar-refractivity contribution in [1.29, 1.82) is 0 Å². The Hall–Kier alpha value is -1.43. The van der Waals surface area contributed by atoms with Gasteiger partial charge in [-0.3, -0.25) is 9.69 Å². The SMILES string of the molecule is CC(C)c1ccc(-c2csc(CN(CCC(=O)O)C3CCCC3)n2)cc1.Cl. The molecule has 1 heterocycles. The van der Waals surface area contributed by atoms with E-state index in [2.05, 4.69) is 48.4 Å². The molecule has 1 fully saturated rings. The summed E-state index contributed by atoms with van der Waals surface area (Å²) in [6.07, 6.45) is 5.05. The van der Waals surface area contributed by atoms with E-state index in [1.165, 1.54) is 31.2 Å². The number of carboxylic acid groups (broad SMARTS) is 1. The number of benzene rings is 1. The molecule has 1 aliphatic rings. The lowest BCUT2D eigenvalue weighted by Gasteiger charge is -2.27. The van der Waals surface area contributed by atoms with E-state index < -0.39 is 5.97 Å². The second-order valence-corrected chi connectivity index (χ2v) is 8.40. The molecule has 1 aliphatic carbocycles. The van der Waals surface area contributed by atoms with Crippen LogP contribution in [0.1, 0.15) is 62.4 Å². The van der Waals surface area contributed by atoms with Crippen molar-refractivity contribution in [3.05, 3.63) is 40.2 Å². The van der Waals surface area contributed by atoms with Gasteiger partial charge in [-0.05, 0) is 24.3 Å². The zero-order chi connectivity index (χ0) is 18.5. The summed E-state index contributed by atoms with van der Waals surface area (Å²) in [5, 5.41) is 12.2. The van der Waals surface area contributed by atoms with Gasteiger partial charge in [0, 0.05) is 23.5 Å². The molecule has 0 atom stereocenters. The van der Waals surface area contributed by atoms with Gasteiger partial charge in [-0.2, -0.15) is 0 Å². The molecule has 0 bridgehead atoms. The molecule has 6 heteroatoms. The van der Waals surface area contributed by atoms with Gasteiger partial charge in [0.15, 0.2) is 0 Å². The summed E-state index contributed by atoms with van der Waals surface area (Å²) < 4.78 is 0. The van der Waals surface area contributed by atoms with Gasteiger partial charge in [-0.1, -0.05) is 51.0 Å². The first kappa shape index (κ1) is 21.9. The number of nitrogens with zero attached hydrogens (tertiary/aromatic N) is 2. The molecule has 148 valence electrons. The van der Waals surface area contributed by atoms with Crippen molar-refractivity contribution in [1.82, 2.24) is 9.88 Å². The molecule has 0 spiro atoms. The Kier molecular flexibility index (Phi) is 8.27. The molecule has 1 aromatic heterocycles. The second-order valence-electron chi connectivity index (χ2n) is 7.46. The van der Waals surface area contributed by atoms with Crippen LogP contribution in [0.15, 0.2) is 29.6 Å². The van der Waals surface area contributed by atoms with Crippen LogP contribution >= 0.6 is 23.7 Å². The maximum Gasteiger partial charge on any atom is 0.304 e. The molecule has 2 aromatic rings. The summed E-state index contributed by atoms with van der Waals surface area (Å²) >= 11 is 1.68. The lowest BCUT2D eigenvalue weighted by Crippen LogP contribution is -2.34. The van der Waals surface area contributed by atoms with Gasteiger partial charge in [-0.25, -0.2) is 4.98 Å². The lowest BCUT2D eigenvalue weighted by atomic mass is 10.0. The molecule has 1 aromatic carbocycles. The van der Waals surface area contributed by atoms with Crippen LogP contribution in [0, 0.1) is 0 Å². The van der Waals surface area contributed by atoms with E-state index in [-0.39, 0.29) is 18.8 Å². The minimum Gasteiger partial charge on any atom is -0.481 e. The molecule has 27 heavy (non-hydrogen) atoms. The summed E-state index contributed by atoms with van der Waals surface area (Å²) in [6.45, 7) is 5.76. The number of thiazole rings is 1. The number of rotatable bonds is 8. The Morgan fingerprint density at radius 1 is 1.26 bits per heavy atom. The first-order valence-corrected chi connectivity index (χ1v) is 10.4. The molecule has 4 nitrogen and oxygen atoms in total. The van der Waals surface area contributed by atoms with Crippen molar-refractivity contribution in [3.63, 3.8) is 0 Å². The minimum absolute atomic E-state index is 0. The Bertz CT molecular complexity index is 724. The third-order valence-electron chi connectivity index (χ3n) is 5.22. The molecule has 1 saturated carbocycles. The fraction of sp³-hybridized carbons (Fsp3) is 0.524. The Morgan fingerprint density at radius 3 is 2.52 bits per heavy atom. The fourth-order valence-electron chi connectivity index (χ4n) is 3.63. The van der Waals surface area contributed by atoms with Crippen molar-refractivity contribution < 1.29 is 9.90 Å². The predicted octanol–water partition coefficient (Wildman–Crippen LogP) is 5.57. The number of halogens is 1. The van der Waals surface area contributed by atoms with Crippen LogP contribution in [0.2, 0.25) is 0 Å². The van der Waals surface area contributed by atoms with E-state index in [0.29, 0.717) is 18.5 Å². The second kappa shape index (κ2) is 10.2. The highest BCUT2D eigenvalue weighted by atomic mass is 35.5. The van der Waals surface area contributed by atoms with Crippen molar-refractivity contribution in [2.75, 3.05) is 6.54 Å². The van der Waals surface area contributed by atoms with E-state index in [1.54, 1.807) is 11.3 Å². The maximum atomic E-state index is 11.0. The summed E-state index contributed by atoms with van der Waals surface area (Å²) in [7, 11) is 0. The van der Waals surface area contributed by atoms with Crippen LogP contribution in [-0.2, 0) is 11.3 Å². The average Bonchev–Trinajstić information content (AvgIpc) is 3.30. The Labute approximate surface area is 172 Å². The molecule has 3 rings (SSSR count). The highest BCUT2D eigenvalue weighted by Gasteiger charge is 2.24. The quantitative estimate of drug-likeness (QED) is 0.619. The molecule has 0 aliphatic heterocycles. The molecule has 0 amide bonds. The molecular formula is C21H29ClN2O2S.